The Kier molecular flexibility index (Phi) is 1.91. The van der Waals surface area contributed by atoms with Crippen molar-refractivity contribution in [2.45, 2.75) is 6.42 Å². The Hall–Kier alpha value is -1.51. The fraction of sp³-hybridized carbons (Fsp3) is 0.417. The first-order valence-electron chi connectivity index (χ1n) is 5.35. The van der Waals surface area contributed by atoms with Gasteiger partial charge in [0.2, 0.25) is 0 Å². The summed E-state index contributed by atoms with van der Waals surface area (Å²) < 4.78 is 5.25. The Bertz CT molecular complexity index is 366. The summed E-state index contributed by atoms with van der Waals surface area (Å²) in [4.78, 5) is 13.5. The van der Waals surface area contributed by atoms with Crippen molar-refractivity contribution in [3.63, 3.8) is 0 Å². The maximum atomic E-state index is 11.7. The van der Waals surface area contributed by atoms with E-state index in [-0.39, 0.29) is 6.09 Å². The zero-order chi connectivity index (χ0) is 10.3. The van der Waals surface area contributed by atoms with E-state index >= 15 is 0 Å². The lowest BCUT2D eigenvalue weighted by Crippen LogP contribution is -2.32. The average molecular weight is 203 g/mol. The van der Waals surface area contributed by atoms with Gasteiger partial charge < -0.3 is 9.64 Å². The number of carbonyl (C=O) groups excluding carboxylic acids is 1. The van der Waals surface area contributed by atoms with Crippen LogP contribution in [0, 0.1) is 11.8 Å². The third-order valence-electron chi connectivity index (χ3n) is 3.19. The van der Waals surface area contributed by atoms with Crippen molar-refractivity contribution in [3.05, 3.63) is 30.3 Å². The molecule has 1 saturated heterocycles. The number of hydrogen-bond donors (Lipinski definition) is 0. The number of ether oxygens (including phenoxy) is 1. The number of rotatable bonds is 1. The van der Waals surface area contributed by atoms with Crippen molar-refractivity contribution in [2.24, 2.45) is 11.8 Å². The molecular weight excluding hydrogens is 190 g/mol. The molecule has 78 valence electrons. The van der Waals surface area contributed by atoms with Crippen LogP contribution in [0.5, 0.6) is 5.75 Å². The van der Waals surface area contributed by atoms with Gasteiger partial charge in [-0.05, 0) is 30.4 Å². The molecule has 15 heavy (non-hydrogen) atoms. The molecule has 2 fully saturated rings. The lowest BCUT2D eigenvalue weighted by molar-refractivity contribution is 0.158. The molecule has 0 spiro atoms. The van der Waals surface area contributed by atoms with Gasteiger partial charge in [-0.1, -0.05) is 18.2 Å². The van der Waals surface area contributed by atoms with Gasteiger partial charge in [0.25, 0.3) is 0 Å². The maximum absolute atomic E-state index is 11.7. The summed E-state index contributed by atoms with van der Waals surface area (Å²) in [6.45, 7) is 1.77. The molecule has 0 bridgehead atoms. The summed E-state index contributed by atoms with van der Waals surface area (Å²) in [7, 11) is 0. The van der Waals surface area contributed by atoms with E-state index in [2.05, 4.69) is 0 Å². The summed E-state index contributed by atoms with van der Waals surface area (Å²) in [5.74, 6) is 2.14. The molecule has 1 saturated carbocycles. The second-order valence-corrected chi connectivity index (χ2v) is 4.34. The molecule has 1 amide bonds. The second-order valence-electron chi connectivity index (χ2n) is 4.34. The third kappa shape index (κ3) is 1.69. The summed E-state index contributed by atoms with van der Waals surface area (Å²) in [5, 5.41) is 0. The number of para-hydroxylation sites is 1. The van der Waals surface area contributed by atoms with Gasteiger partial charge in [-0.25, -0.2) is 4.79 Å². The molecule has 1 aliphatic heterocycles. The van der Waals surface area contributed by atoms with E-state index in [0.717, 1.165) is 24.9 Å². The molecular formula is C12H13NO2. The van der Waals surface area contributed by atoms with Crippen LogP contribution < -0.4 is 4.74 Å². The molecule has 0 aromatic heterocycles. The normalized spacial score (nSPS) is 27.3. The number of benzene rings is 1. The number of likely N-dealkylation sites (tertiary alicyclic amines) is 1. The second kappa shape index (κ2) is 3.26. The average Bonchev–Trinajstić information content (AvgIpc) is 2.87. The Labute approximate surface area is 88.6 Å². The molecule has 0 N–H and O–H groups in total. The number of piperidine rings is 1. The Morgan fingerprint density at radius 2 is 1.87 bits per heavy atom. The third-order valence-corrected chi connectivity index (χ3v) is 3.19. The van der Waals surface area contributed by atoms with Crippen LogP contribution in [0.1, 0.15) is 6.42 Å². The number of fused-ring (bicyclic) bond motifs is 1. The number of amides is 1. The van der Waals surface area contributed by atoms with E-state index in [1.807, 2.05) is 23.1 Å². The van der Waals surface area contributed by atoms with E-state index in [1.54, 1.807) is 12.1 Å². The SMILES string of the molecule is O=C(Oc1ccccc1)N1CC2CC2C1. The first-order chi connectivity index (χ1) is 7.33. The summed E-state index contributed by atoms with van der Waals surface area (Å²) in [6.07, 6.45) is 1.10. The molecule has 3 rings (SSSR count). The van der Waals surface area contributed by atoms with Gasteiger partial charge in [0.1, 0.15) is 5.75 Å². The highest BCUT2D eigenvalue weighted by Crippen LogP contribution is 2.44. The van der Waals surface area contributed by atoms with E-state index in [1.165, 1.54) is 6.42 Å². The Morgan fingerprint density at radius 1 is 1.20 bits per heavy atom. The van der Waals surface area contributed by atoms with Crippen LogP contribution in [0.15, 0.2) is 30.3 Å². The van der Waals surface area contributed by atoms with Gasteiger partial charge in [0, 0.05) is 13.1 Å². The van der Waals surface area contributed by atoms with Gasteiger partial charge in [-0.3, -0.25) is 0 Å². The van der Waals surface area contributed by atoms with Crippen LogP contribution in [0.25, 0.3) is 0 Å². The molecule has 2 aliphatic rings. The van der Waals surface area contributed by atoms with Crippen molar-refractivity contribution in [2.75, 3.05) is 13.1 Å². The van der Waals surface area contributed by atoms with Gasteiger partial charge in [0.05, 0.1) is 0 Å². The molecule has 0 radical (unpaired) electrons. The van der Waals surface area contributed by atoms with E-state index < -0.39 is 0 Å². The molecule has 2 unspecified atom stereocenters. The van der Waals surface area contributed by atoms with Crippen LogP contribution >= 0.6 is 0 Å². The summed E-state index contributed by atoms with van der Waals surface area (Å²) in [6, 6.07) is 9.24. The lowest BCUT2D eigenvalue weighted by atomic mass is 10.3. The Balaban J connectivity index is 1.61. The minimum Gasteiger partial charge on any atom is -0.410 e. The van der Waals surface area contributed by atoms with E-state index in [0.29, 0.717) is 5.75 Å². The van der Waals surface area contributed by atoms with Crippen LogP contribution in [-0.4, -0.2) is 24.1 Å². The maximum Gasteiger partial charge on any atom is 0.415 e. The quantitative estimate of drug-likeness (QED) is 0.699. The predicted octanol–water partition coefficient (Wildman–Crippen LogP) is 2.14. The zero-order valence-electron chi connectivity index (χ0n) is 8.43. The number of hydrogen-bond acceptors (Lipinski definition) is 2. The first-order valence-corrected chi connectivity index (χ1v) is 5.35. The molecule has 3 nitrogen and oxygen atoms in total. The molecule has 1 aliphatic carbocycles. The number of carbonyl (C=O) groups is 1. The Morgan fingerprint density at radius 3 is 2.53 bits per heavy atom. The van der Waals surface area contributed by atoms with Gasteiger partial charge >= 0.3 is 6.09 Å². The minimum absolute atomic E-state index is 0.201. The van der Waals surface area contributed by atoms with Crippen LogP contribution in [0.3, 0.4) is 0 Å². The van der Waals surface area contributed by atoms with Crippen molar-refractivity contribution >= 4 is 6.09 Å². The van der Waals surface area contributed by atoms with Gasteiger partial charge in [-0.2, -0.15) is 0 Å². The van der Waals surface area contributed by atoms with Crippen molar-refractivity contribution in [1.82, 2.24) is 4.90 Å². The highest BCUT2D eigenvalue weighted by molar-refractivity contribution is 5.71. The smallest absolute Gasteiger partial charge is 0.410 e. The highest BCUT2D eigenvalue weighted by atomic mass is 16.6. The molecule has 2 atom stereocenters. The predicted molar refractivity (Wildman–Crippen MR) is 55.6 cm³/mol. The fourth-order valence-electron chi connectivity index (χ4n) is 2.20. The molecule has 1 heterocycles. The van der Waals surface area contributed by atoms with E-state index in [4.69, 9.17) is 4.74 Å². The highest BCUT2D eigenvalue weighted by Gasteiger charge is 2.47. The molecule has 1 aromatic rings. The molecule has 1 aromatic carbocycles. The van der Waals surface area contributed by atoms with Crippen LogP contribution in [0.4, 0.5) is 4.79 Å². The summed E-state index contributed by atoms with van der Waals surface area (Å²) in [5.41, 5.74) is 0. The van der Waals surface area contributed by atoms with Crippen molar-refractivity contribution in [1.29, 1.82) is 0 Å². The number of nitrogens with zero attached hydrogens (tertiary/aromatic N) is 1. The topological polar surface area (TPSA) is 29.5 Å². The van der Waals surface area contributed by atoms with E-state index in [9.17, 15) is 4.79 Å². The minimum atomic E-state index is -0.201. The fourth-order valence-corrected chi connectivity index (χ4v) is 2.20. The summed E-state index contributed by atoms with van der Waals surface area (Å²) >= 11 is 0. The largest absolute Gasteiger partial charge is 0.415 e. The monoisotopic (exact) mass is 203 g/mol. The van der Waals surface area contributed by atoms with Gasteiger partial charge in [-0.15, -0.1) is 0 Å². The lowest BCUT2D eigenvalue weighted by Gasteiger charge is -2.17. The van der Waals surface area contributed by atoms with Crippen molar-refractivity contribution < 1.29 is 9.53 Å². The van der Waals surface area contributed by atoms with Crippen LogP contribution in [0.2, 0.25) is 0 Å². The standard InChI is InChI=1S/C12H13NO2/c14-12(13-7-9-6-10(9)8-13)15-11-4-2-1-3-5-11/h1-5,9-10H,6-8H2. The molecule has 3 heteroatoms. The van der Waals surface area contributed by atoms with Gasteiger partial charge in [0.15, 0.2) is 0 Å². The van der Waals surface area contributed by atoms with Crippen LogP contribution in [-0.2, 0) is 0 Å². The zero-order valence-corrected chi connectivity index (χ0v) is 8.43. The van der Waals surface area contributed by atoms with Crippen molar-refractivity contribution in [3.8, 4) is 5.75 Å². The first kappa shape index (κ1) is 8.77.